The predicted octanol–water partition coefficient (Wildman–Crippen LogP) is 10.6. The fraction of sp³-hybridized carbons (Fsp3) is 0.196. The summed E-state index contributed by atoms with van der Waals surface area (Å²) in [5.74, 6) is 9.02. The van der Waals surface area contributed by atoms with E-state index in [-0.39, 0.29) is 11.8 Å². The largest absolute Gasteiger partial charge is 0.497 e. The van der Waals surface area contributed by atoms with Crippen molar-refractivity contribution in [2.45, 2.75) is 32.6 Å². The lowest BCUT2D eigenvalue weighted by Crippen LogP contribution is -2.32. The molecule has 308 valence electrons. The van der Waals surface area contributed by atoms with E-state index in [0.29, 0.717) is 33.9 Å². The van der Waals surface area contributed by atoms with Gasteiger partial charge in [0.25, 0.3) is 0 Å². The van der Waals surface area contributed by atoms with Gasteiger partial charge in [-0.15, -0.1) is 12.6 Å². The lowest BCUT2D eigenvalue weighted by molar-refractivity contribution is 0.415. The molecule has 0 fully saturated rings. The highest BCUT2D eigenvalue weighted by molar-refractivity contribution is 7.80. The summed E-state index contributed by atoms with van der Waals surface area (Å²) in [6.07, 6.45) is 7.82. The Hall–Kier alpha value is -7.36. The number of aromatic amines is 1. The van der Waals surface area contributed by atoms with E-state index in [9.17, 15) is 10.5 Å². The standard InChI is InChI=1S/C26H19N3O2S.C25H27N5/c1-15-14-28-26-23(15)24(22-12-11-21(31-22)16-5-9-19(32)10-6-16)20(13-27)25(29-26)17-3-7-18(30-2)8-4-17;1-17(7-6-14-30(4)5)8-11-19(3)23-21(15-26)24(20-12-9-18(2)10-13-20)28-25-22(23)16-27-29-25/h3-12,14,32H,1-2H3,(H,28,29);8-13,16,22-23H,14H2,1-5H3,(H,28,29)/b;17-8+,19-11+. The third-order valence-electron chi connectivity index (χ3n) is 10.6. The van der Waals surface area contributed by atoms with Crippen LogP contribution in [-0.4, -0.2) is 54.7 Å². The number of benzene rings is 3. The van der Waals surface area contributed by atoms with Crippen molar-refractivity contribution in [2.75, 3.05) is 27.7 Å². The third kappa shape index (κ3) is 9.18. The molecule has 0 saturated carbocycles. The van der Waals surface area contributed by atoms with Crippen LogP contribution < -0.4 is 10.2 Å². The average molecular weight is 835 g/mol. The third-order valence-corrected chi connectivity index (χ3v) is 10.9. The maximum Gasteiger partial charge on any atom is 0.139 e. The number of thiol groups is 1. The maximum atomic E-state index is 10.2. The van der Waals surface area contributed by atoms with E-state index < -0.39 is 0 Å². The van der Waals surface area contributed by atoms with Crippen LogP contribution in [0.2, 0.25) is 0 Å². The number of aliphatic imine (C=N–C) groups is 1. The van der Waals surface area contributed by atoms with Gasteiger partial charge in [0.2, 0.25) is 0 Å². The summed E-state index contributed by atoms with van der Waals surface area (Å²) in [4.78, 5) is 15.7. The molecule has 2 N–H and O–H groups in total. The highest BCUT2D eigenvalue weighted by Crippen LogP contribution is 2.41. The van der Waals surface area contributed by atoms with E-state index in [2.05, 4.69) is 65.1 Å². The van der Waals surface area contributed by atoms with E-state index in [1.807, 2.05) is 143 Å². The van der Waals surface area contributed by atoms with Gasteiger partial charge >= 0.3 is 0 Å². The van der Waals surface area contributed by atoms with Gasteiger partial charge < -0.3 is 14.1 Å². The van der Waals surface area contributed by atoms with Gasteiger partial charge in [-0.1, -0.05) is 71.5 Å². The van der Waals surface area contributed by atoms with Crippen LogP contribution in [-0.2, 0) is 0 Å². The fourth-order valence-corrected chi connectivity index (χ4v) is 7.52. The lowest BCUT2D eigenvalue weighted by atomic mass is 9.77. The number of furan rings is 1. The van der Waals surface area contributed by atoms with Crippen LogP contribution in [0.1, 0.15) is 36.1 Å². The molecule has 2 aliphatic rings. The van der Waals surface area contributed by atoms with E-state index in [4.69, 9.17) is 19.1 Å². The molecule has 0 amide bonds. The van der Waals surface area contributed by atoms with Crippen molar-refractivity contribution in [1.82, 2.24) is 20.3 Å². The van der Waals surface area contributed by atoms with Crippen molar-refractivity contribution in [1.29, 1.82) is 10.5 Å². The fourth-order valence-electron chi connectivity index (χ4n) is 7.37. The van der Waals surface area contributed by atoms with Crippen LogP contribution in [0.5, 0.6) is 5.75 Å². The summed E-state index contributed by atoms with van der Waals surface area (Å²) in [5.41, 5.74) is 13.8. The molecule has 5 heterocycles. The molecule has 0 radical (unpaired) electrons. The first kappa shape index (κ1) is 42.8. The van der Waals surface area contributed by atoms with Crippen LogP contribution in [0.4, 0.5) is 0 Å². The number of amidine groups is 1. The first-order valence-electron chi connectivity index (χ1n) is 20.0. The molecular formula is C51H46N8O2S. The molecule has 0 aliphatic carbocycles. The summed E-state index contributed by atoms with van der Waals surface area (Å²) >= 11 is 4.35. The number of pyridine rings is 1. The average Bonchev–Trinajstić information content (AvgIpc) is 4.05. The smallest absolute Gasteiger partial charge is 0.139 e. The molecule has 2 aliphatic heterocycles. The van der Waals surface area contributed by atoms with E-state index in [1.54, 1.807) is 7.11 Å². The molecule has 3 aromatic heterocycles. The van der Waals surface area contributed by atoms with Gasteiger partial charge in [-0.2, -0.15) is 15.6 Å². The van der Waals surface area contributed by atoms with Crippen LogP contribution in [0, 0.1) is 60.2 Å². The van der Waals surface area contributed by atoms with Gasteiger partial charge in [0.15, 0.2) is 0 Å². The lowest BCUT2D eigenvalue weighted by Gasteiger charge is -2.28. The predicted molar refractivity (Wildman–Crippen MR) is 252 cm³/mol. The minimum Gasteiger partial charge on any atom is -0.497 e. The van der Waals surface area contributed by atoms with Crippen molar-refractivity contribution in [2.24, 2.45) is 21.9 Å². The number of nitrogens with one attached hydrogen (secondary N) is 2. The number of aromatic nitrogens is 2. The van der Waals surface area contributed by atoms with Gasteiger partial charge in [-0.05, 0) is 101 Å². The number of hydrogen-bond donors (Lipinski definition) is 3. The molecule has 0 spiro atoms. The number of fused-ring (bicyclic) bond motifs is 2. The zero-order valence-electron chi connectivity index (χ0n) is 35.7. The van der Waals surface area contributed by atoms with Gasteiger partial charge in [0, 0.05) is 50.9 Å². The molecule has 8 rings (SSSR count). The molecule has 6 aromatic rings. The number of methoxy groups -OCH3 is 1. The Morgan fingerprint density at radius 1 is 0.887 bits per heavy atom. The van der Waals surface area contributed by atoms with Crippen molar-refractivity contribution in [3.63, 3.8) is 0 Å². The molecule has 2 atom stereocenters. The van der Waals surface area contributed by atoms with Crippen molar-refractivity contribution in [3.05, 3.63) is 142 Å². The van der Waals surface area contributed by atoms with E-state index in [0.717, 1.165) is 73.1 Å². The summed E-state index contributed by atoms with van der Waals surface area (Å²) in [6, 6.07) is 32.0. The first-order valence-corrected chi connectivity index (χ1v) is 20.5. The zero-order chi connectivity index (χ0) is 43.9. The van der Waals surface area contributed by atoms with Gasteiger partial charge in [0.05, 0.1) is 48.2 Å². The van der Waals surface area contributed by atoms with Crippen molar-refractivity contribution in [3.8, 4) is 63.6 Å². The first-order chi connectivity index (χ1) is 30.0. The number of ether oxygens (including phenoxy) is 1. The summed E-state index contributed by atoms with van der Waals surface area (Å²) in [5, 5.41) is 25.3. The number of nitriles is 2. The second-order valence-electron chi connectivity index (χ2n) is 15.4. The summed E-state index contributed by atoms with van der Waals surface area (Å²) in [7, 11) is 5.62. The molecule has 10 nitrogen and oxygen atoms in total. The second-order valence-corrected chi connectivity index (χ2v) is 15.9. The Labute approximate surface area is 368 Å². The Morgan fingerprint density at radius 3 is 2.26 bits per heavy atom. The van der Waals surface area contributed by atoms with Crippen molar-refractivity contribution >= 4 is 41.4 Å². The molecular weight excluding hydrogens is 789 g/mol. The number of aryl methyl sites for hydroxylation is 2. The molecule has 62 heavy (non-hydrogen) atoms. The Bertz CT molecular complexity index is 2940. The number of hydrazone groups is 1. The highest BCUT2D eigenvalue weighted by Gasteiger charge is 2.38. The molecule has 0 saturated heterocycles. The SMILES string of the molecule is C/C(C#CCN(C)C)=C\C=C(/C)C1C(C#N)=C(c2ccc(C)cc2)N=C2NN=CC21.COc1ccc(-c2nc3[nH]cc(C)c3c(-c3ccc(-c4ccc(S)cc4)o3)c2C#N)cc1. The minimum atomic E-state index is -0.115. The van der Waals surface area contributed by atoms with Crippen LogP contribution >= 0.6 is 12.6 Å². The Kier molecular flexibility index (Phi) is 13.0. The summed E-state index contributed by atoms with van der Waals surface area (Å²) in [6.45, 7) is 8.82. The molecule has 3 aromatic carbocycles. The molecule has 2 unspecified atom stereocenters. The van der Waals surface area contributed by atoms with Gasteiger partial charge in [-0.3, -0.25) is 10.3 Å². The highest BCUT2D eigenvalue weighted by atomic mass is 32.1. The maximum absolute atomic E-state index is 10.2. The van der Waals surface area contributed by atoms with Crippen molar-refractivity contribution < 1.29 is 9.15 Å². The van der Waals surface area contributed by atoms with Crippen LogP contribution in [0.25, 0.3) is 50.6 Å². The van der Waals surface area contributed by atoms with Gasteiger partial charge in [0.1, 0.15) is 34.8 Å². The van der Waals surface area contributed by atoms with Gasteiger partial charge in [-0.25, -0.2) is 9.98 Å². The number of hydrogen-bond acceptors (Lipinski definition) is 10. The Morgan fingerprint density at radius 2 is 1.58 bits per heavy atom. The normalized spacial score (nSPS) is 15.8. The molecule has 0 bridgehead atoms. The quantitative estimate of drug-likeness (QED) is 0.0788. The number of H-pyrrole nitrogens is 1. The monoisotopic (exact) mass is 834 g/mol. The number of rotatable bonds is 8. The topological polar surface area (TPSA) is 139 Å². The zero-order valence-corrected chi connectivity index (χ0v) is 36.6. The second kappa shape index (κ2) is 18.9. The van der Waals surface area contributed by atoms with Crippen LogP contribution in [0.3, 0.4) is 0 Å². The Balaban J connectivity index is 0.000000187. The van der Waals surface area contributed by atoms with Crippen LogP contribution in [0.15, 0.2) is 139 Å². The molecule has 11 heteroatoms. The number of allylic oxidation sites excluding steroid dienone is 5. The summed E-state index contributed by atoms with van der Waals surface area (Å²) < 4.78 is 11.5. The van der Waals surface area contributed by atoms with E-state index in [1.165, 1.54) is 5.56 Å². The van der Waals surface area contributed by atoms with E-state index >= 15 is 0 Å². The number of nitrogens with zero attached hydrogens (tertiary/aromatic N) is 6. The minimum absolute atomic E-state index is 0.0568.